The minimum atomic E-state index is -0.268. The third kappa shape index (κ3) is 4.60. The van der Waals surface area contributed by atoms with Crippen LogP contribution in [0.3, 0.4) is 0 Å². The summed E-state index contributed by atoms with van der Waals surface area (Å²) in [5, 5.41) is 7.63. The number of aromatic nitrogens is 5. The molecular weight excluding hydrogens is 454 g/mol. The Kier molecular flexibility index (Phi) is 6.54. The van der Waals surface area contributed by atoms with E-state index in [1.54, 1.807) is 24.0 Å². The molecule has 1 saturated heterocycles. The Morgan fingerprint density at radius 3 is 2.64 bits per heavy atom. The standard InChI is InChI=1S/C27H31N7O2/c1-4-21-16-23(27(36)33-14-7-5-6-8-18(33)2)30-24-17-22(31-34(21)24)19-9-11-20(12-10-19)29-26(35)25-28-13-15-32(25)3/h9-13,15-18H,4-8,14H2,1-3H3,(H,29,35). The number of nitrogens with zero attached hydrogens (tertiary/aromatic N) is 6. The van der Waals surface area contributed by atoms with Gasteiger partial charge in [0.15, 0.2) is 11.5 Å². The zero-order valence-corrected chi connectivity index (χ0v) is 20.9. The molecule has 1 N–H and O–H groups in total. The number of carbonyl (C=O) groups excluding carboxylic acids is 2. The molecule has 1 aromatic carbocycles. The van der Waals surface area contributed by atoms with Gasteiger partial charge in [0.1, 0.15) is 5.69 Å². The van der Waals surface area contributed by atoms with E-state index in [-0.39, 0.29) is 17.9 Å². The summed E-state index contributed by atoms with van der Waals surface area (Å²) in [5.41, 5.74) is 4.39. The Hall–Kier alpha value is -4.01. The molecule has 1 atom stereocenters. The molecule has 2 amide bonds. The lowest BCUT2D eigenvalue weighted by molar-refractivity contribution is 0.0691. The molecule has 4 aromatic rings. The quantitative estimate of drug-likeness (QED) is 0.453. The largest absolute Gasteiger partial charge is 0.335 e. The third-order valence-electron chi connectivity index (χ3n) is 6.86. The number of likely N-dealkylation sites (tertiary alicyclic amines) is 1. The zero-order valence-electron chi connectivity index (χ0n) is 20.9. The number of carbonyl (C=O) groups is 2. The van der Waals surface area contributed by atoms with Gasteiger partial charge in [-0.15, -0.1) is 0 Å². The molecule has 3 aromatic heterocycles. The lowest BCUT2D eigenvalue weighted by atomic mass is 10.1. The van der Waals surface area contributed by atoms with Gasteiger partial charge in [0.2, 0.25) is 0 Å². The summed E-state index contributed by atoms with van der Waals surface area (Å²) in [6.45, 7) is 4.96. The highest BCUT2D eigenvalue weighted by molar-refractivity contribution is 6.01. The number of amides is 2. The maximum atomic E-state index is 13.4. The highest BCUT2D eigenvalue weighted by Gasteiger charge is 2.25. The van der Waals surface area contributed by atoms with Gasteiger partial charge >= 0.3 is 0 Å². The molecule has 4 heterocycles. The second-order valence-electron chi connectivity index (χ2n) is 9.38. The summed E-state index contributed by atoms with van der Waals surface area (Å²) >= 11 is 0. The maximum absolute atomic E-state index is 13.4. The monoisotopic (exact) mass is 485 g/mol. The summed E-state index contributed by atoms with van der Waals surface area (Å²) in [4.78, 5) is 36.6. The lowest BCUT2D eigenvalue weighted by Gasteiger charge is -2.27. The van der Waals surface area contributed by atoms with Gasteiger partial charge in [0, 0.05) is 55.0 Å². The van der Waals surface area contributed by atoms with Gasteiger partial charge in [0.05, 0.1) is 5.69 Å². The predicted molar refractivity (Wildman–Crippen MR) is 138 cm³/mol. The van der Waals surface area contributed by atoms with Gasteiger partial charge in [-0.05, 0) is 44.4 Å². The predicted octanol–water partition coefficient (Wildman–Crippen LogP) is 4.35. The molecule has 9 nitrogen and oxygen atoms in total. The molecule has 1 aliphatic heterocycles. The molecule has 0 spiro atoms. The molecule has 36 heavy (non-hydrogen) atoms. The fourth-order valence-electron chi connectivity index (χ4n) is 4.76. The van der Waals surface area contributed by atoms with Crippen molar-refractivity contribution in [2.24, 2.45) is 7.05 Å². The number of imidazole rings is 1. The van der Waals surface area contributed by atoms with Crippen LogP contribution in [0, 0.1) is 0 Å². The van der Waals surface area contributed by atoms with Gasteiger partial charge in [0.25, 0.3) is 11.8 Å². The van der Waals surface area contributed by atoms with Crippen LogP contribution in [-0.2, 0) is 13.5 Å². The summed E-state index contributed by atoms with van der Waals surface area (Å²) in [6, 6.07) is 11.5. The molecule has 5 rings (SSSR count). The van der Waals surface area contributed by atoms with E-state index in [1.165, 1.54) is 0 Å². The third-order valence-corrected chi connectivity index (χ3v) is 6.86. The van der Waals surface area contributed by atoms with Crippen molar-refractivity contribution in [3.63, 3.8) is 0 Å². The van der Waals surface area contributed by atoms with Crippen LogP contribution in [0.25, 0.3) is 16.9 Å². The van der Waals surface area contributed by atoms with E-state index in [9.17, 15) is 9.59 Å². The first-order valence-corrected chi connectivity index (χ1v) is 12.5. The Morgan fingerprint density at radius 2 is 1.92 bits per heavy atom. The van der Waals surface area contributed by atoms with Crippen LogP contribution in [-0.4, -0.2) is 53.5 Å². The van der Waals surface area contributed by atoms with E-state index in [2.05, 4.69) is 24.1 Å². The van der Waals surface area contributed by atoms with Crippen molar-refractivity contribution in [2.75, 3.05) is 11.9 Å². The molecule has 0 bridgehead atoms. The summed E-state index contributed by atoms with van der Waals surface area (Å²) in [6.07, 6.45) is 8.44. The zero-order chi connectivity index (χ0) is 25.2. The number of hydrogen-bond acceptors (Lipinski definition) is 5. The number of fused-ring (bicyclic) bond motifs is 1. The molecule has 186 valence electrons. The average molecular weight is 486 g/mol. The molecule has 0 radical (unpaired) electrons. The van der Waals surface area contributed by atoms with E-state index in [0.29, 0.717) is 22.9 Å². The minimum absolute atomic E-state index is 0.00263. The number of aryl methyl sites for hydroxylation is 2. The minimum Gasteiger partial charge on any atom is -0.335 e. The second-order valence-corrected chi connectivity index (χ2v) is 9.38. The smallest absolute Gasteiger partial charge is 0.291 e. The fourth-order valence-corrected chi connectivity index (χ4v) is 4.76. The fraction of sp³-hybridized carbons (Fsp3) is 0.370. The Morgan fingerprint density at radius 1 is 1.11 bits per heavy atom. The Balaban J connectivity index is 1.40. The second kappa shape index (κ2) is 9.93. The van der Waals surface area contributed by atoms with Crippen molar-refractivity contribution < 1.29 is 9.59 Å². The molecule has 9 heteroatoms. The van der Waals surface area contributed by atoms with Crippen molar-refractivity contribution in [3.8, 4) is 11.3 Å². The number of benzene rings is 1. The van der Waals surface area contributed by atoms with Crippen LogP contribution in [0.4, 0.5) is 5.69 Å². The van der Waals surface area contributed by atoms with Crippen molar-refractivity contribution in [2.45, 2.75) is 52.0 Å². The Labute approximate surface area is 210 Å². The maximum Gasteiger partial charge on any atom is 0.291 e. The van der Waals surface area contributed by atoms with E-state index in [4.69, 9.17) is 10.1 Å². The molecular formula is C27H31N7O2. The van der Waals surface area contributed by atoms with E-state index >= 15 is 0 Å². The van der Waals surface area contributed by atoms with Crippen LogP contribution in [0.1, 0.15) is 66.3 Å². The van der Waals surface area contributed by atoms with Gasteiger partial charge < -0.3 is 14.8 Å². The highest BCUT2D eigenvalue weighted by Crippen LogP contribution is 2.24. The normalized spacial score (nSPS) is 16.2. The Bertz CT molecular complexity index is 1400. The van der Waals surface area contributed by atoms with Crippen LogP contribution in [0.5, 0.6) is 0 Å². The summed E-state index contributed by atoms with van der Waals surface area (Å²) in [5.74, 6) is 0.0744. The SMILES string of the molecule is CCc1cc(C(=O)N2CCCCCC2C)nc2cc(-c3ccc(NC(=O)c4nccn4C)cc3)nn12. The van der Waals surface area contributed by atoms with Gasteiger partial charge in [-0.1, -0.05) is 31.9 Å². The van der Waals surface area contributed by atoms with Crippen LogP contribution >= 0.6 is 0 Å². The summed E-state index contributed by atoms with van der Waals surface area (Å²) < 4.78 is 3.49. The van der Waals surface area contributed by atoms with Crippen LogP contribution < -0.4 is 5.32 Å². The van der Waals surface area contributed by atoms with Crippen molar-refractivity contribution in [1.82, 2.24) is 29.0 Å². The topological polar surface area (TPSA) is 97.4 Å². The van der Waals surface area contributed by atoms with E-state index < -0.39 is 0 Å². The van der Waals surface area contributed by atoms with Gasteiger partial charge in [-0.2, -0.15) is 5.10 Å². The number of nitrogens with one attached hydrogen (secondary N) is 1. The molecule has 1 aliphatic rings. The molecule has 1 unspecified atom stereocenters. The van der Waals surface area contributed by atoms with Crippen molar-refractivity contribution >= 4 is 23.1 Å². The van der Waals surface area contributed by atoms with Crippen LogP contribution in [0.2, 0.25) is 0 Å². The molecule has 0 saturated carbocycles. The first-order chi connectivity index (χ1) is 17.4. The first kappa shape index (κ1) is 23.7. The van der Waals surface area contributed by atoms with E-state index in [1.807, 2.05) is 45.8 Å². The lowest BCUT2D eigenvalue weighted by Crippen LogP contribution is -2.38. The summed E-state index contributed by atoms with van der Waals surface area (Å²) in [7, 11) is 1.78. The van der Waals surface area contributed by atoms with Crippen molar-refractivity contribution in [3.05, 3.63) is 66.0 Å². The highest BCUT2D eigenvalue weighted by atomic mass is 16.2. The van der Waals surface area contributed by atoms with Crippen molar-refractivity contribution in [1.29, 1.82) is 0 Å². The average Bonchev–Trinajstić information content (AvgIpc) is 3.45. The van der Waals surface area contributed by atoms with E-state index in [0.717, 1.165) is 55.6 Å². The first-order valence-electron chi connectivity index (χ1n) is 12.5. The molecule has 0 aliphatic carbocycles. The van der Waals surface area contributed by atoms with Gasteiger partial charge in [-0.3, -0.25) is 9.59 Å². The van der Waals surface area contributed by atoms with Crippen LogP contribution in [0.15, 0.2) is 48.8 Å². The number of hydrogen-bond donors (Lipinski definition) is 1. The number of anilines is 1. The molecule has 1 fully saturated rings. The number of rotatable bonds is 5. The van der Waals surface area contributed by atoms with Gasteiger partial charge in [-0.25, -0.2) is 14.5 Å².